The van der Waals surface area contributed by atoms with Crippen molar-refractivity contribution in [3.8, 4) is 0 Å². The quantitative estimate of drug-likeness (QED) is 0.831. The summed E-state index contributed by atoms with van der Waals surface area (Å²) in [5.41, 5.74) is 6.25. The van der Waals surface area contributed by atoms with Crippen molar-refractivity contribution in [3.63, 3.8) is 0 Å². The third-order valence-corrected chi connectivity index (χ3v) is 3.99. The molecule has 4 heteroatoms. The van der Waals surface area contributed by atoms with Gasteiger partial charge >= 0.3 is 0 Å². The van der Waals surface area contributed by atoms with E-state index in [2.05, 4.69) is 19.2 Å². The molecule has 19 heavy (non-hydrogen) atoms. The number of aryl methyl sites for hydroxylation is 1. The number of nitrogens with two attached hydrogens (primary N) is 1. The predicted octanol–water partition coefficient (Wildman–Crippen LogP) is 2.63. The SMILES string of the molecule is CCC(CC)(CN)CNC(=O)c1cccc(C)c1F. The Balaban J connectivity index is 2.78. The van der Waals surface area contributed by atoms with E-state index in [9.17, 15) is 9.18 Å². The zero-order valence-electron chi connectivity index (χ0n) is 11.9. The molecule has 1 amide bonds. The Morgan fingerprint density at radius 3 is 2.53 bits per heavy atom. The molecule has 0 unspecified atom stereocenters. The van der Waals surface area contributed by atoms with Gasteiger partial charge in [-0.2, -0.15) is 0 Å². The molecule has 3 nitrogen and oxygen atoms in total. The van der Waals surface area contributed by atoms with Crippen molar-refractivity contribution in [2.24, 2.45) is 11.1 Å². The van der Waals surface area contributed by atoms with Gasteiger partial charge in [-0.25, -0.2) is 4.39 Å². The highest BCUT2D eigenvalue weighted by Gasteiger charge is 2.25. The summed E-state index contributed by atoms with van der Waals surface area (Å²) in [5, 5.41) is 2.80. The smallest absolute Gasteiger partial charge is 0.254 e. The summed E-state index contributed by atoms with van der Waals surface area (Å²) >= 11 is 0. The summed E-state index contributed by atoms with van der Waals surface area (Å²) in [7, 11) is 0. The van der Waals surface area contributed by atoms with Crippen molar-refractivity contribution < 1.29 is 9.18 Å². The van der Waals surface area contributed by atoms with E-state index in [-0.39, 0.29) is 16.9 Å². The van der Waals surface area contributed by atoms with Gasteiger partial charge in [-0.15, -0.1) is 0 Å². The van der Waals surface area contributed by atoms with Gasteiger partial charge in [0.15, 0.2) is 0 Å². The van der Waals surface area contributed by atoms with Gasteiger partial charge in [0.25, 0.3) is 5.91 Å². The van der Waals surface area contributed by atoms with Crippen LogP contribution in [0.3, 0.4) is 0 Å². The van der Waals surface area contributed by atoms with Gasteiger partial charge in [0.2, 0.25) is 0 Å². The van der Waals surface area contributed by atoms with Crippen molar-refractivity contribution in [2.45, 2.75) is 33.6 Å². The summed E-state index contributed by atoms with van der Waals surface area (Å²) in [6.45, 7) is 6.74. The van der Waals surface area contributed by atoms with Crippen molar-refractivity contribution in [2.75, 3.05) is 13.1 Å². The molecule has 0 fully saturated rings. The Bertz CT molecular complexity index is 434. The Labute approximate surface area is 114 Å². The van der Waals surface area contributed by atoms with Crippen LogP contribution < -0.4 is 11.1 Å². The minimum absolute atomic E-state index is 0.0955. The number of amides is 1. The molecule has 0 saturated carbocycles. The lowest BCUT2D eigenvalue weighted by molar-refractivity contribution is 0.0924. The molecule has 0 saturated heterocycles. The first kappa shape index (κ1) is 15.6. The normalized spacial score (nSPS) is 11.4. The summed E-state index contributed by atoms with van der Waals surface area (Å²) in [6.07, 6.45) is 1.77. The van der Waals surface area contributed by atoms with Gasteiger partial charge in [-0.3, -0.25) is 4.79 Å². The average Bonchev–Trinajstić information content (AvgIpc) is 2.44. The Morgan fingerprint density at radius 2 is 2.00 bits per heavy atom. The second-order valence-electron chi connectivity index (χ2n) is 5.03. The van der Waals surface area contributed by atoms with E-state index in [1.807, 2.05) is 0 Å². The fraction of sp³-hybridized carbons (Fsp3) is 0.533. The number of hydrogen-bond donors (Lipinski definition) is 2. The fourth-order valence-corrected chi connectivity index (χ4v) is 2.05. The molecule has 106 valence electrons. The van der Waals surface area contributed by atoms with Gasteiger partial charge in [-0.1, -0.05) is 26.0 Å². The van der Waals surface area contributed by atoms with Gasteiger partial charge < -0.3 is 11.1 Å². The molecular formula is C15H23FN2O. The van der Waals surface area contributed by atoms with Gasteiger partial charge in [0, 0.05) is 6.54 Å². The maximum atomic E-state index is 13.8. The van der Waals surface area contributed by atoms with Crippen LogP contribution in [0.4, 0.5) is 4.39 Å². The van der Waals surface area contributed by atoms with E-state index >= 15 is 0 Å². The lowest BCUT2D eigenvalue weighted by Gasteiger charge is -2.30. The van der Waals surface area contributed by atoms with Crippen LogP contribution in [-0.2, 0) is 0 Å². The molecule has 1 aromatic carbocycles. The van der Waals surface area contributed by atoms with Gasteiger partial charge in [0.05, 0.1) is 5.56 Å². The monoisotopic (exact) mass is 266 g/mol. The van der Waals surface area contributed by atoms with E-state index in [1.54, 1.807) is 19.1 Å². The van der Waals surface area contributed by atoms with Crippen LogP contribution in [0, 0.1) is 18.2 Å². The summed E-state index contributed by atoms with van der Waals surface area (Å²) < 4.78 is 13.8. The minimum atomic E-state index is -0.452. The number of rotatable bonds is 6. The predicted molar refractivity (Wildman–Crippen MR) is 75.5 cm³/mol. The lowest BCUT2D eigenvalue weighted by Crippen LogP contribution is -2.42. The number of carbonyl (C=O) groups is 1. The highest BCUT2D eigenvalue weighted by atomic mass is 19.1. The van der Waals surface area contributed by atoms with Gasteiger partial charge in [0.1, 0.15) is 5.82 Å². The molecule has 0 aliphatic carbocycles. The molecule has 0 bridgehead atoms. The molecular weight excluding hydrogens is 243 g/mol. The fourth-order valence-electron chi connectivity index (χ4n) is 2.05. The first-order valence-corrected chi connectivity index (χ1v) is 6.73. The molecule has 0 atom stereocenters. The minimum Gasteiger partial charge on any atom is -0.351 e. The summed E-state index contributed by atoms with van der Waals surface area (Å²) in [6, 6.07) is 4.83. The van der Waals surface area contributed by atoms with Crippen molar-refractivity contribution in [1.29, 1.82) is 0 Å². The van der Waals surface area contributed by atoms with Crippen molar-refractivity contribution in [1.82, 2.24) is 5.32 Å². The number of carbonyl (C=O) groups excluding carboxylic acids is 1. The summed E-state index contributed by atoms with van der Waals surface area (Å²) in [4.78, 5) is 12.0. The first-order chi connectivity index (χ1) is 8.99. The first-order valence-electron chi connectivity index (χ1n) is 6.73. The Morgan fingerprint density at radius 1 is 1.37 bits per heavy atom. The van der Waals surface area contributed by atoms with Crippen LogP contribution >= 0.6 is 0 Å². The van der Waals surface area contributed by atoms with Gasteiger partial charge in [-0.05, 0) is 43.4 Å². The number of halogens is 1. The highest BCUT2D eigenvalue weighted by Crippen LogP contribution is 2.23. The number of benzene rings is 1. The zero-order chi connectivity index (χ0) is 14.5. The van der Waals surface area contributed by atoms with Crippen LogP contribution in [0.5, 0.6) is 0 Å². The van der Waals surface area contributed by atoms with Crippen LogP contribution in [0.25, 0.3) is 0 Å². The Kier molecular flexibility index (Phi) is 5.48. The molecule has 0 heterocycles. The van der Waals surface area contributed by atoms with E-state index < -0.39 is 5.82 Å². The van der Waals surface area contributed by atoms with E-state index in [1.165, 1.54) is 6.07 Å². The molecule has 0 aliphatic rings. The van der Waals surface area contributed by atoms with Crippen LogP contribution in [0.15, 0.2) is 18.2 Å². The molecule has 1 rings (SSSR count). The molecule has 1 aromatic rings. The second-order valence-corrected chi connectivity index (χ2v) is 5.03. The van der Waals surface area contributed by atoms with E-state index in [4.69, 9.17) is 5.73 Å². The maximum absolute atomic E-state index is 13.8. The second kappa shape index (κ2) is 6.66. The van der Waals surface area contributed by atoms with Crippen molar-refractivity contribution in [3.05, 3.63) is 35.1 Å². The average molecular weight is 266 g/mol. The maximum Gasteiger partial charge on any atom is 0.254 e. The third kappa shape index (κ3) is 3.53. The standard InChI is InChI=1S/C15H23FN2O/c1-4-15(5-2,9-17)10-18-14(19)12-8-6-7-11(3)13(12)16/h6-8H,4-5,9-10,17H2,1-3H3,(H,18,19). The third-order valence-electron chi connectivity index (χ3n) is 3.99. The number of nitrogens with one attached hydrogen (secondary N) is 1. The largest absolute Gasteiger partial charge is 0.351 e. The zero-order valence-corrected chi connectivity index (χ0v) is 11.9. The Hall–Kier alpha value is -1.42. The molecule has 0 radical (unpaired) electrons. The van der Waals surface area contributed by atoms with Crippen LogP contribution in [0.2, 0.25) is 0 Å². The highest BCUT2D eigenvalue weighted by molar-refractivity contribution is 5.94. The number of hydrogen-bond acceptors (Lipinski definition) is 2. The molecule has 0 spiro atoms. The molecule has 3 N–H and O–H groups in total. The van der Waals surface area contributed by atoms with E-state index in [0.717, 1.165) is 12.8 Å². The van der Waals surface area contributed by atoms with Crippen LogP contribution in [0.1, 0.15) is 42.6 Å². The lowest BCUT2D eigenvalue weighted by atomic mass is 9.82. The van der Waals surface area contributed by atoms with Crippen LogP contribution in [-0.4, -0.2) is 19.0 Å². The molecule has 0 aromatic heterocycles. The van der Waals surface area contributed by atoms with Crippen molar-refractivity contribution >= 4 is 5.91 Å². The topological polar surface area (TPSA) is 55.1 Å². The summed E-state index contributed by atoms with van der Waals surface area (Å²) in [5.74, 6) is -0.827. The van der Waals surface area contributed by atoms with E-state index in [0.29, 0.717) is 18.7 Å². The molecule has 0 aliphatic heterocycles.